The number of carboxylic acids is 1. The van der Waals surface area contributed by atoms with Gasteiger partial charge in [-0.2, -0.15) is 0 Å². The van der Waals surface area contributed by atoms with Crippen LogP contribution in [0.1, 0.15) is 20.7 Å². The molecule has 0 aromatic heterocycles. The Morgan fingerprint density at radius 1 is 0.697 bits per heavy atom. The van der Waals surface area contributed by atoms with Gasteiger partial charge in [0, 0.05) is 3.57 Å². The lowest BCUT2D eigenvalue weighted by molar-refractivity contribution is -0.157. The third-order valence-electron chi connectivity index (χ3n) is 4.40. The number of carboxylic acid groups (broad SMARTS) is 1. The zero-order valence-electron chi connectivity index (χ0n) is 17.0. The fourth-order valence-corrected chi connectivity index (χ4v) is 3.30. The number of anilines is 1. The average Bonchev–Trinajstić information content (AvgIpc) is 2.83. The topological polar surface area (TPSA) is 119 Å². The molecule has 0 bridgehead atoms. The zero-order valence-corrected chi connectivity index (χ0v) is 19.2. The van der Waals surface area contributed by atoms with Crippen molar-refractivity contribution < 1.29 is 33.8 Å². The summed E-state index contributed by atoms with van der Waals surface area (Å²) in [7, 11) is 0. The van der Waals surface area contributed by atoms with E-state index < -0.39 is 36.0 Å². The van der Waals surface area contributed by atoms with Crippen LogP contribution in [0, 0.1) is 3.57 Å². The van der Waals surface area contributed by atoms with Crippen LogP contribution in [0.15, 0.2) is 84.9 Å². The van der Waals surface area contributed by atoms with Crippen molar-refractivity contribution in [3.63, 3.8) is 0 Å². The monoisotopic (exact) mass is 559 g/mol. The molecular weight excluding hydrogens is 541 g/mol. The molecule has 8 nitrogen and oxygen atoms in total. The van der Waals surface area contributed by atoms with Gasteiger partial charge in [-0.3, -0.25) is 4.79 Å². The number of esters is 2. The van der Waals surface area contributed by atoms with E-state index >= 15 is 0 Å². The van der Waals surface area contributed by atoms with Crippen molar-refractivity contribution in [2.45, 2.75) is 12.2 Å². The van der Waals surface area contributed by atoms with Crippen molar-refractivity contribution in [2.75, 3.05) is 5.32 Å². The second kappa shape index (κ2) is 11.2. The number of hydrogen-bond donors (Lipinski definition) is 2. The Kier molecular flexibility index (Phi) is 8.14. The summed E-state index contributed by atoms with van der Waals surface area (Å²) in [5, 5.41) is 12.3. The summed E-state index contributed by atoms with van der Waals surface area (Å²) >= 11 is 1.99. The second-order valence-corrected chi connectivity index (χ2v) is 7.85. The van der Waals surface area contributed by atoms with E-state index in [4.69, 9.17) is 9.47 Å². The first-order valence-electron chi connectivity index (χ1n) is 9.67. The highest BCUT2D eigenvalue weighted by atomic mass is 127. The van der Waals surface area contributed by atoms with Gasteiger partial charge in [0.15, 0.2) is 0 Å². The molecule has 0 aliphatic heterocycles. The smallest absolute Gasteiger partial charge is 0.349 e. The van der Waals surface area contributed by atoms with Gasteiger partial charge in [0.05, 0.1) is 16.8 Å². The summed E-state index contributed by atoms with van der Waals surface area (Å²) in [6.07, 6.45) is -4.05. The molecule has 2 atom stereocenters. The van der Waals surface area contributed by atoms with Crippen molar-refractivity contribution in [1.82, 2.24) is 0 Å². The van der Waals surface area contributed by atoms with Crippen LogP contribution in [0.4, 0.5) is 5.69 Å². The highest BCUT2D eigenvalue weighted by Crippen LogP contribution is 2.20. The zero-order chi connectivity index (χ0) is 23.8. The SMILES string of the molecule is O=C(O[C@H](C(=O)Nc1ccccc1I)[C@@H](OC(=O)c1ccccc1)C(=O)O)c1ccccc1. The molecule has 1 amide bonds. The lowest BCUT2D eigenvalue weighted by atomic mass is 10.1. The molecule has 168 valence electrons. The van der Waals surface area contributed by atoms with E-state index in [1.807, 2.05) is 22.6 Å². The first kappa shape index (κ1) is 23.9. The summed E-state index contributed by atoms with van der Waals surface area (Å²) in [5.74, 6) is -4.54. The number of aliphatic carboxylic acids is 1. The third kappa shape index (κ3) is 6.39. The minimum absolute atomic E-state index is 0.0786. The summed E-state index contributed by atoms with van der Waals surface area (Å²) in [4.78, 5) is 50.2. The lowest BCUT2D eigenvalue weighted by Gasteiger charge is -2.23. The van der Waals surface area contributed by atoms with E-state index in [1.165, 1.54) is 24.3 Å². The molecular formula is C24H18INO7. The van der Waals surface area contributed by atoms with Crippen LogP contribution in [0.5, 0.6) is 0 Å². The quantitative estimate of drug-likeness (QED) is 0.319. The number of rotatable bonds is 8. The number of carbonyl (C=O) groups is 4. The van der Waals surface area contributed by atoms with Crippen molar-refractivity contribution in [3.8, 4) is 0 Å². The summed E-state index contributed by atoms with van der Waals surface area (Å²) in [5.41, 5.74) is 0.556. The Hall–Kier alpha value is -3.73. The molecule has 0 saturated heterocycles. The molecule has 0 fully saturated rings. The van der Waals surface area contributed by atoms with Crippen LogP contribution in [0.25, 0.3) is 0 Å². The number of ether oxygens (including phenoxy) is 2. The molecule has 0 aliphatic carbocycles. The maximum Gasteiger partial charge on any atom is 0.349 e. The molecule has 33 heavy (non-hydrogen) atoms. The summed E-state index contributed by atoms with van der Waals surface area (Å²) < 4.78 is 11.0. The molecule has 0 saturated carbocycles. The third-order valence-corrected chi connectivity index (χ3v) is 5.34. The first-order chi connectivity index (χ1) is 15.9. The van der Waals surface area contributed by atoms with Crippen LogP contribution in [0.2, 0.25) is 0 Å². The van der Waals surface area contributed by atoms with Gasteiger partial charge < -0.3 is 19.9 Å². The predicted molar refractivity (Wildman–Crippen MR) is 127 cm³/mol. The van der Waals surface area contributed by atoms with Gasteiger partial charge in [-0.05, 0) is 59.0 Å². The minimum atomic E-state index is -2.09. The standard InChI is InChI=1S/C24H18INO7/c25-17-13-7-8-14-18(17)26-21(27)19(32-23(30)15-9-3-1-4-10-15)20(22(28)29)33-24(31)16-11-5-2-6-12-16/h1-14,19-20H,(H,26,27)(H,28,29)/t19-,20+/m0/s1. The van der Waals surface area contributed by atoms with Gasteiger partial charge >= 0.3 is 17.9 Å². The molecule has 2 N–H and O–H groups in total. The maximum absolute atomic E-state index is 13.0. The maximum atomic E-state index is 13.0. The van der Waals surface area contributed by atoms with Gasteiger partial charge in [0.2, 0.25) is 12.2 Å². The van der Waals surface area contributed by atoms with E-state index in [2.05, 4.69) is 5.32 Å². The van der Waals surface area contributed by atoms with Crippen LogP contribution in [-0.2, 0) is 19.1 Å². The Balaban J connectivity index is 1.91. The molecule has 3 rings (SSSR count). The van der Waals surface area contributed by atoms with Crippen molar-refractivity contribution in [3.05, 3.63) is 99.6 Å². The molecule has 0 radical (unpaired) electrons. The summed E-state index contributed by atoms with van der Waals surface area (Å²) in [6, 6.07) is 22.2. The van der Waals surface area contributed by atoms with Gasteiger partial charge in [0.25, 0.3) is 5.91 Å². The van der Waals surface area contributed by atoms with Gasteiger partial charge in [-0.1, -0.05) is 48.5 Å². The summed E-state index contributed by atoms with van der Waals surface area (Å²) in [6.45, 7) is 0. The highest BCUT2D eigenvalue weighted by molar-refractivity contribution is 14.1. The van der Waals surface area contributed by atoms with E-state index in [0.29, 0.717) is 9.26 Å². The normalized spacial score (nSPS) is 12.2. The number of hydrogen-bond acceptors (Lipinski definition) is 6. The van der Waals surface area contributed by atoms with Crippen LogP contribution in [0.3, 0.4) is 0 Å². The molecule has 9 heteroatoms. The van der Waals surface area contributed by atoms with E-state index in [1.54, 1.807) is 60.7 Å². The van der Waals surface area contributed by atoms with E-state index in [9.17, 15) is 24.3 Å². The second-order valence-electron chi connectivity index (χ2n) is 6.69. The fourth-order valence-electron chi connectivity index (χ4n) is 2.78. The van der Waals surface area contributed by atoms with Crippen molar-refractivity contribution in [2.24, 2.45) is 0 Å². The van der Waals surface area contributed by atoms with Crippen LogP contribution >= 0.6 is 22.6 Å². The van der Waals surface area contributed by atoms with Crippen molar-refractivity contribution in [1.29, 1.82) is 0 Å². The fraction of sp³-hybridized carbons (Fsp3) is 0.0833. The van der Waals surface area contributed by atoms with E-state index in [0.717, 1.165) is 0 Å². The van der Waals surface area contributed by atoms with Gasteiger partial charge in [-0.15, -0.1) is 0 Å². The number of amides is 1. The Morgan fingerprint density at radius 3 is 1.64 bits per heavy atom. The lowest BCUT2D eigenvalue weighted by Crippen LogP contribution is -2.48. The molecule has 0 unspecified atom stereocenters. The van der Waals surface area contributed by atoms with Crippen molar-refractivity contribution >= 4 is 52.1 Å². The van der Waals surface area contributed by atoms with E-state index in [-0.39, 0.29) is 11.1 Å². The molecule has 0 aliphatic rings. The molecule has 3 aromatic rings. The Labute approximate surface area is 202 Å². The molecule has 0 spiro atoms. The largest absolute Gasteiger partial charge is 0.478 e. The Morgan fingerprint density at radius 2 is 1.15 bits per heavy atom. The minimum Gasteiger partial charge on any atom is -0.478 e. The highest BCUT2D eigenvalue weighted by Gasteiger charge is 2.41. The number of carbonyl (C=O) groups excluding carboxylic acids is 3. The number of halogens is 1. The molecule has 3 aromatic carbocycles. The number of nitrogens with one attached hydrogen (secondary N) is 1. The molecule has 0 heterocycles. The van der Waals surface area contributed by atoms with Gasteiger partial charge in [0.1, 0.15) is 0 Å². The average molecular weight is 559 g/mol. The van der Waals surface area contributed by atoms with Crippen LogP contribution < -0.4 is 5.32 Å². The Bertz CT molecular complexity index is 1150. The number of benzene rings is 3. The number of para-hydroxylation sites is 1. The van der Waals surface area contributed by atoms with Gasteiger partial charge in [-0.25, -0.2) is 14.4 Å². The predicted octanol–water partition coefficient (Wildman–Crippen LogP) is 3.77. The first-order valence-corrected chi connectivity index (χ1v) is 10.7. The van der Waals surface area contributed by atoms with Crippen LogP contribution in [-0.4, -0.2) is 41.1 Å².